The van der Waals surface area contributed by atoms with Gasteiger partial charge in [-0.2, -0.15) is 0 Å². The number of nitrogens with zero attached hydrogens (tertiary/aromatic N) is 2. The van der Waals surface area contributed by atoms with E-state index in [0.717, 1.165) is 6.54 Å². The minimum atomic E-state index is 0.337. The standard InChI is InChI=1S/C6H11N5/c1-2-9-6-4(7)3-5(8)10-11-6/h3H,2H2,1H3,(H,9,11)(H4,7,8,10). The first-order valence-electron chi connectivity index (χ1n) is 3.36. The summed E-state index contributed by atoms with van der Waals surface area (Å²) in [5, 5.41) is 10.3. The summed E-state index contributed by atoms with van der Waals surface area (Å²) in [6.07, 6.45) is 0. The van der Waals surface area contributed by atoms with E-state index in [4.69, 9.17) is 11.5 Å². The first-order valence-corrected chi connectivity index (χ1v) is 3.36. The van der Waals surface area contributed by atoms with Crippen LogP contribution in [0.3, 0.4) is 0 Å². The van der Waals surface area contributed by atoms with Crippen LogP contribution < -0.4 is 16.8 Å². The van der Waals surface area contributed by atoms with Crippen LogP contribution in [-0.2, 0) is 0 Å². The van der Waals surface area contributed by atoms with E-state index in [9.17, 15) is 0 Å². The normalized spacial score (nSPS) is 9.55. The van der Waals surface area contributed by atoms with E-state index >= 15 is 0 Å². The quantitative estimate of drug-likeness (QED) is 0.559. The number of nitrogens with two attached hydrogens (primary N) is 2. The lowest BCUT2D eigenvalue weighted by Gasteiger charge is -2.03. The summed E-state index contributed by atoms with van der Waals surface area (Å²) in [4.78, 5) is 0. The number of aromatic nitrogens is 2. The number of anilines is 3. The maximum Gasteiger partial charge on any atom is 0.172 e. The van der Waals surface area contributed by atoms with Gasteiger partial charge in [-0.15, -0.1) is 10.2 Å². The van der Waals surface area contributed by atoms with Gasteiger partial charge in [-0.3, -0.25) is 0 Å². The third-order valence-electron chi connectivity index (χ3n) is 1.19. The van der Waals surface area contributed by atoms with Crippen molar-refractivity contribution in [1.29, 1.82) is 0 Å². The zero-order chi connectivity index (χ0) is 8.27. The molecule has 5 heteroatoms. The summed E-state index contributed by atoms with van der Waals surface area (Å²) in [5.41, 5.74) is 11.4. The molecule has 0 saturated heterocycles. The van der Waals surface area contributed by atoms with Gasteiger partial charge >= 0.3 is 0 Å². The van der Waals surface area contributed by atoms with Crippen LogP contribution in [0.4, 0.5) is 17.3 Å². The van der Waals surface area contributed by atoms with Crippen molar-refractivity contribution in [1.82, 2.24) is 10.2 Å². The molecule has 1 aromatic rings. The summed E-state index contributed by atoms with van der Waals surface area (Å²) >= 11 is 0. The Kier molecular flexibility index (Phi) is 2.10. The predicted octanol–water partition coefficient (Wildman–Crippen LogP) is 0.0728. The second-order valence-electron chi connectivity index (χ2n) is 2.10. The molecule has 0 unspecified atom stereocenters. The fraction of sp³-hybridized carbons (Fsp3) is 0.333. The van der Waals surface area contributed by atoms with Crippen molar-refractivity contribution in [3.63, 3.8) is 0 Å². The average molecular weight is 153 g/mol. The molecule has 0 bridgehead atoms. The minimum absolute atomic E-state index is 0.337. The molecule has 0 aliphatic rings. The zero-order valence-corrected chi connectivity index (χ0v) is 6.33. The van der Waals surface area contributed by atoms with Gasteiger partial charge in [0.05, 0.1) is 5.69 Å². The number of nitrogens with one attached hydrogen (secondary N) is 1. The number of hydrogen-bond acceptors (Lipinski definition) is 5. The Morgan fingerprint density at radius 3 is 2.73 bits per heavy atom. The predicted molar refractivity (Wildman–Crippen MR) is 45.0 cm³/mol. The van der Waals surface area contributed by atoms with Crippen molar-refractivity contribution in [2.24, 2.45) is 0 Å². The maximum absolute atomic E-state index is 5.56. The topological polar surface area (TPSA) is 89.8 Å². The number of rotatable bonds is 2. The Morgan fingerprint density at radius 1 is 1.45 bits per heavy atom. The Bertz CT molecular complexity index is 247. The van der Waals surface area contributed by atoms with Gasteiger partial charge < -0.3 is 16.8 Å². The van der Waals surface area contributed by atoms with Crippen LogP contribution in [0.15, 0.2) is 6.07 Å². The lowest BCUT2D eigenvalue weighted by Crippen LogP contribution is -2.06. The molecule has 0 aliphatic carbocycles. The first-order chi connectivity index (χ1) is 5.24. The van der Waals surface area contributed by atoms with Crippen LogP contribution in [-0.4, -0.2) is 16.7 Å². The van der Waals surface area contributed by atoms with E-state index in [2.05, 4.69) is 15.5 Å². The Hall–Kier alpha value is -1.52. The zero-order valence-electron chi connectivity index (χ0n) is 6.33. The van der Waals surface area contributed by atoms with Gasteiger partial charge in [-0.05, 0) is 6.92 Å². The Morgan fingerprint density at radius 2 is 2.18 bits per heavy atom. The lowest BCUT2D eigenvalue weighted by molar-refractivity contribution is 1.02. The molecule has 1 heterocycles. The molecule has 1 rings (SSSR count). The molecule has 11 heavy (non-hydrogen) atoms. The second kappa shape index (κ2) is 3.05. The molecular weight excluding hydrogens is 142 g/mol. The highest BCUT2D eigenvalue weighted by atomic mass is 15.2. The third kappa shape index (κ3) is 1.70. The molecule has 0 aromatic carbocycles. The molecule has 0 amide bonds. The largest absolute Gasteiger partial charge is 0.396 e. The van der Waals surface area contributed by atoms with Crippen LogP contribution in [0.2, 0.25) is 0 Å². The molecule has 0 fully saturated rings. The van der Waals surface area contributed by atoms with Gasteiger partial charge in [0.1, 0.15) is 5.82 Å². The summed E-state index contributed by atoms with van der Waals surface area (Å²) in [5.74, 6) is 0.922. The van der Waals surface area contributed by atoms with Crippen molar-refractivity contribution >= 4 is 17.3 Å². The van der Waals surface area contributed by atoms with Gasteiger partial charge in [0.15, 0.2) is 5.82 Å². The molecule has 0 saturated carbocycles. The van der Waals surface area contributed by atoms with E-state index in [1.165, 1.54) is 0 Å². The van der Waals surface area contributed by atoms with Crippen LogP contribution in [0.5, 0.6) is 0 Å². The highest BCUT2D eigenvalue weighted by Gasteiger charge is 1.99. The van der Waals surface area contributed by atoms with Crippen LogP contribution >= 0.6 is 0 Å². The van der Waals surface area contributed by atoms with E-state index in [1.54, 1.807) is 6.07 Å². The Labute approximate surface area is 64.8 Å². The number of hydrogen-bond donors (Lipinski definition) is 3. The molecule has 5 N–H and O–H groups in total. The average Bonchev–Trinajstić information content (AvgIpc) is 1.95. The van der Waals surface area contributed by atoms with Crippen molar-refractivity contribution in [2.45, 2.75) is 6.92 Å². The van der Waals surface area contributed by atoms with E-state index in [0.29, 0.717) is 17.3 Å². The van der Waals surface area contributed by atoms with Gasteiger partial charge in [-0.25, -0.2) is 0 Å². The summed E-state index contributed by atoms with van der Waals surface area (Å²) in [6, 6.07) is 1.57. The van der Waals surface area contributed by atoms with E-state index in [-0.39, 0.29) is 0 Å². The summed E-state index contributed by atoms with van der Waals surface area (Å²) in [7, 11) is 0. The Balaban J connectivity index is 2.90. The highest BCUT2D eigenvalue weighted by molar-refractivity contribution is 5.63. The SMILES string of the molecule is CCNc1nnc(N)cc1N. The van der Waals surface area contributed by atoms with Crippen LogP contribution in [0.25, 0.3) is 0 Å². The van der Waals surface area contributed by atoms with Crippen molar-refractivity contribution in [2.75, 3.05) is 23.3 Å². The van der Waals surface area contributed by atoms with E-state index in [1.807, 2.05) is 6.92 Å². The smallest absolute Gasteiger partial charge is 0.172 e. The van der Waals surface area contributed by atoms with E-state index < -0.39 is 0 Å². The van der Waals surface area contributed by atoms with Crippen molar-refractivity contribution in [3.05, 3.63) is 6.07 Å². The van der Waals surface area contributed by atoms with Crippen LogP contribution in [0, 0.1) is 0 Å². The van der Waals surface area contributed by atoms with Gasteiger partial charge in [-0.1, -0.05) is 0 Å². The minimum Gasteiger partial charge on any atom is -0.396 e. The van der Waals surface area contributed by atoms with Crippen molar-refractivity contribution < 1.29 is 0 Å². The maximum atomic E-state index is 5.56. The summed E-state index contributed by atoms with van der Waals surface area (Å²) < 4.78 is 0. The van der Waals surface area contributed by atoms with Crippen LogP contribution in [0.1, 0.15) is 6.92 Å². The van der Waals surface area contributed by atoms with Gasteiger partial charge in [0, 0.05) is 12.6 Å². The summed E-state index contributed by atoms with van der Waals surface area (Å²) in [6.45, 7) is 2.72. The molecule has 0 aliphatic heterocycles. The molecule has 0 spiro atoms. The third-order valence-corrected chi connectivity index (χ3v) is 1.19. The molecular formula is C6H11N5. The monoisotopic (exact) mass is 153 g/mol. The molecule has 5 nitrogen and oxygen atoms in total. The second-order valence-corrected chi connectivity index (χ2v) is 2.10. The highest BCUT2D eigenvalue weighted by Crippen LogP contribution is 2.14. The van der Waals surface area contributed by atoms with Gasteiger partial charge in [0.2, 0.25) is 0 Å². The fourth-order valence-corrected chi connectivity index (χ4v) is 0.727. The molecule has 60 valence electrons. The molecule has 0 radical (unpaired) electrons. The van der Waals surface area contributed by atoms with Crippen molar-refractivity contribution in [3.8, 4) is 0 Å². The number of nitrogen functional groups attached to an aromatic ring is 2. The lowest BCUT2D eigenvalue weighted by atomic mass is 10.4. The van der Waals surface area contributed by atoms with Gasteiger partial charge in [0.25, 0.3) is 0 Å². The fourth-order valence-electron chi connectivity index (χ4n) is 0.727. The first kappa shape index (κ1) is 7.59. The molecule has 1 aromatic heterocycles. The molecule has 0 atom stereocenters.